The summed E-state index contributed by atoms with van der Waals surface area (Å²) in [6.07, 6.45) is 3.61. The molecule has 1 atom stereocenters. The molecule has 0 bridgehead atoms. The number of rotatable bonds is 3. The molecule has 5 aromatic carbocycles. The fourth-order valence-electron chi connectivity index (χ4n) is 4.56. The van der Waals surface area contributed by atoms with Crippen molar-refractivity contribution in [2.45, 2.75) is 45.3 Å². The minimum absolute atomic E-state index is 0.331. The van der Waals surface area contributed by atoms with Crippen LogP contribution in [0.1, 0.15) is 38.7 Å². The van der Waals surface area contributed by atoms with Crippen LogP contribution in [0.25, 0.3) is 22.9 Å². The normalized spacial score (nSPS) is 12.2. The molecule has 1 unspecified atom stereocenters. The number of hydrogen-bond acceptors (Lipinski definition) is 7. The van der Waals surface area contributed by atoms with E-state index in [0.29, 0.717) is 11.7 Å². The van der Waals surface area contributed by atoms with Gasteiger partial charge in [-0.05, 0) is 99.0 Å². The van der Waals surface area contributed by atoms with Gasteiger partial charge in [0, 0.05) is 67.1 Å². The second-order valence-corrected chi connectivity index (χ2v) is 11.0. The average molecular weight is 644 g/mol. The fraction of sp³-hybridized carbons (Fsp3) is 0.189. The average Bonchev–Trinajstić information content (AvgIpc) is 3.06. The zero-order valence-electron chi connectivity index (χ0n) is 26.7. The van der Waals surface area contributed by atoms with Gasteiger partial charge in [-0.25, -0.2) is 0 Å². The van der Waals surface area contributed by atoms with Crippen LogP contribution in [0.3, 0.4) is 0 Å². The summed E-state index contributed by atoms with van der Waals surface area (Å²) < 4.78 is 35.6. The molecule has 0 fully saturated rings. The first-order valence-electron chi connectivity index (χ1n) is 15.2. The summed E-state index contributed by atoms with van der Waals surface area (Å²) >= 11 is 0. The zero-order valence-corrected chi connectivity index (χ0v) is 26.7. The number of fused-ring (bicyclic) bond motifs is 2. The first-order valence-corrected chi connectivity index (χ1v) is 15.2. The monoisotopic (exact) mass is 643 g/mol. The van der Waals surface area contributed by atoms with E-state index in [2.05, 4.69) is 37.4 Å². The standard InChI is InChI=1S/C14H20N2.C10H10N2.C7H6F3N.C6H8N2/c1-3-10(2)16-14-9-8-13(15)11-6-4-5-7-12(11)14;11-9-5-6-10(12)8-4-2-1-3-7(8)9;8-7(9,10)5-1-3-6(11)4-2-5;7-5-1-2-6(8)4-3-5/h6-10,16H,3-5,15H2,1-2H3;1-6H,11-12H2;1-4H,11H2;1-4H,7-8H2. The molecule has 5 aromatic rings. The molecule has 0 aromatic heterocycles. The summed E-state index contributed by atoms with van der Waals surface area (Å²) in [5.74, 6) is 0. The molecule has 0 spiro atoms. The predicted molar refractivity (Wildman–Crippen MR) is 196 cm³/mol. The van der Waals surface area contributed by atoms with Crippen molar-refractivity contribution in [3.05, 3.63) is 113 Å². The van der Waals surface area contributed by atoms with Crippen LogP contribution < -0.4 is 50.2 Å². The molecule has 0 heterocycles. The number of nitrogen functional groups attached to an aromatic ring is 6. The maximum absolute atomic E-state index is 11.9. The van der Waals surface area contributed by atoms with E-state index >= 15 is 0 Å². The van der Waals surface area contributed by atoms with Crippen molar-refractivity contribution in [1.29, 1.82) is 0 Å². The molecule has 0 radical (unpaired) electrons. The zero-order chi connectivity index (χ0) is 34.6. The topological polar surface area (TPSA) is 168 Å². The van der Waals surface area contributed by atoms with Crippen LogP contribution >= 0.6 is 0 Å². The highest BCUT2D eigenvalue weighted by molar-refractivity contribution is 6.00. The summed E-state index contributed by atoms with van der Waals surface area (Å²) in [5.41, 5.74) is 38.3. The van der Waals surface area contributed by atoms with Crippen LogP contribution in [-0.2, 0) is 6.18 Å². The van der Waals surface area contributed by atoms with E-state index in [0.717, 1.165) is 70.6 Å². The Balaban J connectivity index is 0.000000175. The summed E-state index contributed by atoms with van der Waals surface area (Å²) in [7, 11) is 0. The smallest absolute Gasteiger partial charge is 0.399 e. The van der Waals surface area contributed by atoms with Crippen molar-refractivity contribution in [3.8, 4) is 0 Å². The van der Waals surface area contributed by atoms with Crippen molar-refractivity contribution < 1.29 is 13.2 Å². The van der Waals surface area contributed by atoms with Gasteiger partial charge < -0.3 is 39.7 Å². The van der Waals surface area contributed by atoms with Gasteiger partial charge in [-0.3, -0.25) is 0 Å². The van der Waals surface area contributed by atoms with Crippen molar-refractivity contribution in [3.63, 3.8) is 0 Å². The second kappa shape index (κ2) is 16.7. The Hall–Kier alpha value is -5.51. The van der Waals surface area contributed by atoms with Crippen LogP contribution in [0, 0.1) is 0 Å². The van der Waals surface area contributed by atoms with E-state index in [-0.39, 0.29) is 0 Å². The first kappa shape index (κ1) is 36.0. The van der Waals surface area contributed by atoms with E-state index in [9.17, 15) is 13.2 Å². The number of benzene rings is 5. The lowest BCUT2D eigenvalue weighted by Crippen LogP contribution is -2.33. The third kappa shape index (κ3) is 10.8. The highest BCUT2D eigenvalue weighted by Crippen LogP contribution is 2.29. The highest BCUT2D eigenvalue weighted by atomic mass is 19.4. The Bertz CT molecular complexity index is 1790. The Morgan fingerprint density at radius 3 is 1.47 bits per heavy atom. The Kier molecular flexibility index (Phi) is 12.8. The van der Waals surface area contributed by atoms with E-state index in [4.69, 9.17) is 34.4 Å². The lowest BCUT2D eigenvalue weighted by atomic mass is 10.0. The van der Waals surface area contributed by atoms with Gasteiger partial charge >= 0.3 is 6.18 Å². The van der Waals surface area contributed by atoms with Gasteiger partial charge in [0.2, 0.25) is 0 Å². The first-order chi connectivity index (χ1) is 22.3. The summed E-state index contributed by atoms with van der Waals surface area (Å²) in [4.78, 5) is 0. The molecule has 0 aliphatic heterocycles. The number of alkyl halides is 3. The molecular formula is C37H44F3N7. The van der Waals surface area contributed by atoms with E-state index < -0.39 is 11.7 Å². The summed E-state index contributed by atoms with van der Waals surface area (Å²) in [6, 6.07) is 27.6. The maximum atomic E-state index is 11.9. The van der Waals surface area contributed by atoms with Crippen LogP contribution in [0.5, 0.6) is 0 Å². The predicted octanol–water partition coefficient (Wildman–Crippen LogP) is 6.98. The molecule has 6 rings (SSSR count). The molecule has 10 heteroatoms. The Morgan fingerprint density at radius 2 is 1.02 bits per heavy atom. The molecule has 0 amide bonds. The number of nitrogens with one attached hydrogen (secondary N) is 1. The molecule has 0 saturated carbocycles. The van der Waals surface area contributed by atoms with Crippen molar-refractivity contribution in [1.82, 2.24) is 0 Å². The van der Waals surface area contributed by atoms with Gasteiger partial charge in [0.15, 0.2) is 0 Å². The van der Waals surface area contributed by atoms with Gasteiger partial charge in [0.05, 0.1) is 5.56 Å². The highest BCUT2D eigenvalue weighted by Gasteiger charge is 2.29. The number of nitrogens with two attached hydrogens (primary N) is 6. The van der Waals surface area contributed by atoms with Crippen LogP contribution in [-0.4, -0.2) is 6.04 Å². The molecular weight excluding hydrogens is 599 g/mol. The lowest BCUT2D eigenvalue weighted by molar-refractivity contribution is -0.137. The van der Waals surface area contributed by atoms with Crippen LogP contribution in [0.15, 0.2) is 97.1 Å². The molecule has 248 valence electrons. The lowest BCUT2D eigenvalue weighted by Gasteiger charge is -2.16. The third-order valence-electron chi connectivity index (χ3n) is 7.36. The number of hydrogen-bond donors (Lipinski definition) is 7. The fourth-order valence-corrected chi connectivity index (χ4v) is 4.56. The van der Waals surface area contributed by atoms with Gasteiger partial charge in [0.1, 0.15) is 0 Å². The molecule has 13 N–H and O–H groups in total. The van der Waals surface area contributed by atoms with Gasteiger partial charge in [-0.2, -0.15) is 13.2 Å². The largest absolute Gasteiger partial charge is 0.416 e. The van der Waals surface area contributed by atoms with Crippen LogP contribution in [0.4, 0.5) is 53.0 Å². The minimum atomic E-state index is -4.27. The van der Waals surface area contributed by atoms with Crippen molar-refractivity contribution >= 4 is 62.7 Å². The van der Waals surface area contributed by atoms with E-state index in [1.165, 1.54) is 28.3 Å². The van der Waals surface area contributed by atoms with E-state index in [1.807, 2.05) is 42.5 Å². The molecule has 1 aliphatic rings. The number of anilines is 7. The van der Waals surface area contributed by atoms with E-state index in [1.54, 1.807) is 24.3 Å². The quantitative estimate of drug-likeness (QED) is 0.104. The summed E-state index contributed by atoms with van der Waals surface area (Å²) in [5, 5.41) is 8.08. The van der Waals surface area contributed by atoms with Gasteiger partial charge in [-0.1, -0.05) is 43.3 Å². The second-order valence-electron chi connectivity index (χ2n) is 11.0. The third-order valence-corrected chi connectivity index (χ3v) is 7.36. The van der Waals surface area contributed by atoms with Crippen molar-refractivity contribution in [2.24, 2.45) is 0 Å². The van der Waals surface area contributed by atoms with Gasteiger partial charge in [0.25, 0.3) is 0 Å². The molecule has 7 nitrogen and oxygen atoms in total. The summed E-state index contributed by atoms with van der Waals surface area (Å²) in [6.45, 7) is 4.40. The molecule has 1 aliphatic carbocycles. The van der Waals surface area contributed by atoms with Crippen molar-refractivity contribution in [2.75, 3.05) is 39.7 Å². The maximum Gasteiger partial charge on any atom is 0.416 e. The SMILES string of the molecule is CCC(C)Nc1ccc(N)c2c1=CCCC=2.Nc1ccc(C(F)(F)F)cc1.Nc1ccc(N)c2ccccc12.Nc1ccc(N)cc1. The Morgan fingerprint density at radius 1 is 0.596 bits per heavy atom. The van der Waals surface area contributed by atoms with Gasteiger partial charge in [-0.15, -0.1) is 0 Å². The minimum Gasteiger partial charge on any atom is -0.399 e. The molecule has 47 heavy (non-hydrogen) atoms. The molecule has 0 saturated heterocycles. The number of halogens is 3. The Labute approximate surface area is 273 Å². The van der Waals surface area contributed by atoms with Crippen LogP contribution in [0.2, 0.25) is 0 Å².